The molecule has 2 aliphatic rings. The molecular weight excluding hydrogens is 274 g/mol. The van der Waals surface area contributed by atoms with Gasteiger partial charge in [-0.25, -0.2) is 4.79 Å². The van der Waals surface area contributed by atoms with E-state index in [1.807, 2.05) is 0 Å². The van der Waals surface area contributed by atoms with E-state index < -0.39 is 0 Å². The maximum atomic E-state index is 12.0. The molecule has 21 heavy (non-hydrogen) atoms. The topological polar surface area (TPSA) is 79.0 Å². The first kappa shape index (κ1) is 15.6. The van der Waals surface area contributed by atoms with Crippen LogP contribution in [-0.2, 0) is 14.3 Å². The Morgan fingerprint density at radius 1 is 1.33 bits per heavy atom. The third-order valence-corrected chi connectivity index (χ3v) is 4.13. The van der Waals surface area contributed by atoms with Gasteiger partial charge < -0.3 is 19.9 Å². The van der Waals surface area contributed by atoms with E-state index in [2.05, 4.69) is 5.32 Å². The molecule has 118 valence electrons. The van der Waals surface area contributed by atoms with E-state index >= 15 is 0 Å². The standard InChI is InChI=1S/C14H23N3O4/c1-10(18)17-7-4-11(5-8-17)13(19)15-6-3-12-9-16(2)14(20)21-12/h11-12H,3-9H2,1-2H3,(H,15,19). The van der Waals surface area contributed by atoms with Gasteiger partial charge >= 0.3 is 6.09 Å². The maximum absolute atomic E-state index is 12.0. The van der Waals surface area contributed by atoms with E-state index in [9.17, 15) is 14.4 Å². The van der Waals surface area contributed by atoms with Gasteiger partial charge in [0.25, 0.3) is 0 Å². The molecule has 0 saturated carbocycles. The van der Waals surface area contributed by atoms with E-state index in [1.54, 1.807) is 18.9 Å². The molecule has 0 aliphatic carbocycles. The van der Waals surface area contributed by atoms with Gasteiger partial charge in [0.2, 0.25) is 11.8 Å². The lowest BCUT2D eigenvalue weighted by molar-refractivity contribution is -0.133. The molecule has 3 amide bonds. The molecule has 7 nitrogen and oxygen atoms in total. The van der Waals surface area contributed by atoms with Crippen molar-refractivity contribution in [2.24, 2.45) is 5.92 Å². The summed E-state index contributed by atoms with van der Waals surface area (Å²) in [5.41, 5.74) is 0. The molecule has 1 unspecified atom stereocenters. The summed E-state index contributed by atoms with van der Waals surface area (Å²) in [5, 5.41) is 2.90. The summed E-state index contributed by atoms with van der Waals surface area (Å²) in [6.07, 6.45) is 1.62. The Kier molecular flexibility index (Phi) is 5.03. The van der Waals surface area contributed by atoms with Gasteiger partial charge in [0.1, 0.15) is 6.10 Å². The van der Waals surface area contributed by atoms with Crippen molar-refractivity contribution >= 4 is 17.9 Å². The minimum atomic E-state index is -0.303. The summed E-state index contributed by atoms with van der Waals surface area (Å²) < 4.78 is 5.13. The number of carbonyl (C=O) groups excluding carboxylic acids is 3. The minimum Gasteiger partial charge on any atom is -0.444 e. The van der Waals surface area contributed by atoms with Gasteiger partial charge in [-0.1, -0.05) is 0 Å². The van der Waals surface area contributed by atoms with Gasteiger partial charge in [-0.3, -0.25) is 9.59 Å². The number of carbonyl (C=O) groups is 3. The molecule has 0 spiro atoms. The second-order valence-electron chi connectivity index (χ2n) is 5.75. The first-order valence-corrected chi connectivity index (χ1v) is 7.42. The lowest BCUT2D eigenvalue weighted by Crippen LogP contribution is -2.42. The number of ether oxygens (including phenoxy) is 1. The highest BCUT2D eigenvalue weighted by Crippen LogP contribution is 2.17. The van der Waals surface area contributed by atoms with E-state index in [0.717, 1.165) is 0 Å². The Labute approximate surface area is 124 Å². The molecule has 0 bridgehead atoms. The molecule has 0 aromatic heterocycles. The minimum absolute atomic E-state index is 0.0191. The second-order valence-corrected chi connectivity index (χ2v) is 5.75. The number of hydrogen-bond acceptors (Lipinski definition) is 4. The molecule has 2 fully saturated rings. The number of nitrogens with zero attached hydrogens (tertiary/aromatic N) is 2. The quantitative estimate of drug-likeness (QED) is 0.804. The van der Waals surface area contributed by atoms with Crippen molar-refractivity contribution in [1.29, 1.82) is 0 Å². The third kappa shape index (κ3) is 4.09. The molecular formula is C14H23N3O4. The van der Waals surface area contributed by atoms with Gasteiger partial charge in [-0.15, -0.1) is 0 Å². The van der Waals surface area contributed by atoms with Crippen LogP contribution >= 0.6 is 0 Å². The van der Waals surface area contributed by atoms with E-state index in [1.165, 1.54) is 4.90 Å². The van der Waals surface area contributed by atoms with Crippen LogP contribution in [0.4, 0.5) is 4.79 Å². The molecule has 0 aromatic rings. The molecule has 0 aromatic carbocycles. The van der Waals surface area contributed by atoms with Crippen LogP contribution in [-0.4, -0.2) is 67.0 Å². The first-order chi connectivity index (χ1) is 9.97. The molecule has 1 atom stereocenters. The Morgan fingerprint density at radius 3 is 2.52 bits per heavy atom. The van der Waals surface area contributed by atoms with Crippen LogP contribution in [0, 0.1) is 5.92 Å². The van der Waals surface area contributed by atoms with Crippen molar-refractivity contribution in [2.75, 3.05) is 33.2 Å². The Bertz CT molecular complexity index is 418. The lowest BCUT2D eigenvalue weighted by atomic mass is 9.96. The number of nitrogens with one attached hydrogen (secondary N) is 1. The maximum Gasteiger partial charge on any atom is 0.409 e. The van der Waals surface area contributed by atoms with Crippen LogP contribution in [0.2, 0.25) is 0 Å². The number of rotatable bonds is 4. The van der Waals surface area contributed by atoms with Gasteiger partial charge in [-0.2, -0.15) is 0 Å². The van der Waals surface area contributed by atoms with E-state index in [0.29, 0.717) is 45.4 Å². The number of hydrogen-bond donors (Lipinski definition) is 1. The highest BCUT2D eigenvalue weighted by Gasteiger charge is 2.29. The van der Waals surface area contributed by atoms with Gasteiger partial charge in [-0.05, 0) is 12.8 Å². The number of likely N-dealkylation sites (tertiary alicyclic amines) is 1. The number of amides is 3. The highest BCUT2D eigenvalue weighted by atomic mass is 16.6. The van der Waals surface area contributed by atoms with Crippen LogP contribution in [0.3, 0.4) is 0 Å². The Morgan fingerprint density at radius 2 is 2.00 bits per heavy atom. The monoisotopic (exact) mass is 297 g/mol. The van der Waals surface area contributed by atoms with Crippen LogP contribution in [0.1, 0.15) is 26.2 Å². The van der Waals surface area contributed by atoms with Gasteiger partial charge in [0, 0.05) is 45.9 Å². The molecule has 2 heterocycles. The van der Waals surface area contributed by atoms with E-state index in [4.69, 9.17) is 4.74 Å². The molecule has 7 heteroatoms. The fourth-order valence-electron chi connectivity index (χ4n) is 2.76. The zero-order valence-electron chi connectivity index (χ0n) is 12.6. The Balaban J connectivity index is 1.64. The number of cyclic esters (lactones) is 1. The average Bonchev–Trinajstić information content (AvgIpc) is 2.77. The third-order valence-electron chi connectivity index (χ3n) is 4.13. The van der Waals surface area contributed by atoms with Crippen molar-refractivity contribution in [2.45, 2.75) is 32.3 Å². The summed E-state index contributed by atoms with van der Waals surface area (Å²) in [6.45, 7) is 3.94. The fourth-order valence-corrected chi connectivity index (χ4v) is 2.76. The number of piperidine rings is 1. The number of likely N-dealkylation sites (N-methyl/N-ethyl adjacent to an activating group) is 1. The first-order valence-electron chi connectivity index (χ1n) is 7.42. The molecule has 1 N–H and O–H groups in total. The predicted octanol–water partition coefficient (Wildman–Crippen LogP) is 0.202. The summed E-state index contributed by atoms with van der Waals surface area (Å²) in [6, 6.07) is 0. The zero-order chi connectivity index (χ0) is 15.4. The summed E-state index contributed by atoms with van der Waals surface area (Å²) in [4.78, 5) is 37.8. The highest BCUT2D eigenvalue weighted by molar-refractivity contribution is 5.79. The molecule has 0 radical (unpaired) electrons. The summed E-state index contributed by atoms with van der Waals surface area (Å²) in [7, 11) is 1.70. The fraction of sp³-hybridized carbons (Fsp3) is 0.786. The van der Waals surface area contributed by atoms with Gasteiger partial charge in [0.15, 0.2) is 0 Å². The SMILES string of the molecule is CC(=O)N1CCC(C(=O)NCCC2CN(C)C(=O)O2)CC1. The molecule has 2 aliphatic heterocycles. The lowest BCUT2D eigenvalue weighted by Gasteiger charge is -2.30. The smallest absolute Gasteiger partial charge is 0.409 e. The van der Waals surface area contributed by atoms with Crippen LogP contribution in [0.25, 0.3) is 0 Å². The molecule has 2 rings (SSSR count). The van der Waals surface area contributed by atoms with Crippen LogP contribution in [0.5, 0.6) is 0 Å². The Hall–Kier alpha value is -1.79. The summed E-state index contributed by atoms with van der Waals surface area (Å²) >= 11 is 0. The summed E-state index contributed by atoms with van der Waals surface area (Å²) in [5.74, 6) is 0.0892. The van der Waals surface area contributed by atoms with Crippen molar-refractivity contribution in [3.05, 3.63) is 0 Å². The zero-order valence-corrected chi connectivity index (χ0v) is 12.6. The van der Waals surface area contributed by atoms with Crippen molar-refractivity contribution in [3.63, 3.8) is 0 Å². The van der Waals surface area contributed by atoms with Crippen LogP contribution in [0.15, 0.2) is 0 Å². The normalized spacial score (nSPS) is 23.1. The van der Waals surface area contributed by atoms with Crippen molar-refractivity contribution in [3.8, 4) is 0 Å². The average molecular weight is 297 g/mol. The van der Waals surface area contributed by atoms with Crippen molar-refractivity contribution in [1.82, 2.24) is 15.1 Å². The molecule has 2 saturated heterocycles. The van der Waals surface area contributed by atoms with E-state index in [-0.39, 0.29) is 29.9 Å². The van der Waals surface area contributed by atoms with Crippen LogP contribution < -0.4 is 5.32 Å². The second kappa shape index (κ2) is 6.78. The predicted molar refractivity (Wildman–Crippen MR) is 75.5 cm³/mol. The largest absolute Gasteiger partial charge is 0.444 e. The van der Waals surface area contributed by atoms with Gasteiger partial charge in [0.05, 0.1) is 6.54 Å². The van der Waals surface area contributed by atoms with Crippen molar-refractivity contribution < 1.29 is 19.1 Å².